The number of aromatic nitrogens is 3. The Labute approximate surface area is 172 Å². The molecule has 0 aliphatic heterocycles. The smallest absolute Gasteiger partial charge is 0.267 e. The first kappa shape index (κ1) is 18.0. The molecule has 3 N–H and O–H groups in total. The van der Waals surface area contributed by atoms with E-state index in [2.05, 4.69) is 32.4 Å². The Morgan fingerprint density at radius 1 is 1.10 bits per heavy atom. The Kier molecular flexibility index (Phi) is 4.44. The molecular weight excluding hydrogens is 376 g/mol. The van der Waals surface area contributed by atoms with E-state index in [0.29, 0.717) is 12.2 Å². The van der Waals surface area contributed by atoms with Crippen molar-refractivity contribution in [1.82, 2.24) is 20.3 Å². The highest BCUT2D eigenvalue weighted by Gasteiger charge is 2.12. The van der Waals surface area contributed by atoms with Crippen molar-refractivity contribution in [2.24, 2.45) is 0 Å². The molecule has 2 aromatic carbocycles. The number of fused-ring (bicyclic) bond motifs is 2. The van der Waals surface area contributed by atoms with Crippen LogP contribution >= 0.6 is 0 Å². The Balaban J connectivity index is 1.39. The van der Waals surface area contributed by atoms with Gasteiger partial charge in [-0.15, -0.1) is 0 Å². The molecule has 148 valence electrons. The number of benzene rings is 2. The zero-order chi connectivity index (χ0) is 20.5. The van der Waals surface area contributed by atoms with Gasteiger partial charge in [0.25, 0.3) is 5.91 Å². The summed E-state index contributed by atoms with van der Waals surface area (Å²) in [5, 5.41) is 5.02. The van der Waals surface area contributed by atoms with Crippen LogP contribution in [-0.2, 0) is 6.54 Å². The molecule has 0 aliphatic rings. The summed E-state index contributed by atoms with van der Waals surface area (Å²) in [5.74, 6) is 0.625. The number of nitrogens with one attached hydrogen (secondary N) is 3. The van der Waals surface area contributed by atoms with Crippen LogP contribution < -0.4 is 10.1 Å². The fraction of sp³-hybridized carbons (Fsp3) is 0.0833. The molecule has 0 saturated carbocycles. The largest absolute Gasteiger partial charge is 0.497 e. The van der Waals surface area contributed by atoms with Gasteiger partial charge in [0.15, 0.2) is 0 Å². The molecule has 0 aliphatic carbocycles. The molecule has 6 nitrogen and oxygen atoms in total. The monoisotopic (exact) mass is 396 g/mol. The number of nitrogens with zero attached hydrogens (tertiary/aromatic N) is 1. The van der Waals surface area contributed by atoms with E-state index in [1.165, 1.54) is 0 Å². The first-order valence-electron chi connectivity index (χ1n) is 9.67. The molecule has 0 atom stereocenters. The normalized spacial score (nSPS) is 11.1. The minimum atomic E-state index is -0.146. The highest BCUT2D eigenvalue weighted by atomic mass is 16.5. The van der Waals surface area contributed by atoms with Crippen LogP contribution in [0.25, 0.3) is 33.1 Å². The van der Waals surface area contributed by atoms with Crippen molar-refractivity contribution in [3.63, 3.8) is 0 Å². The number of H-pyrrole nitrogens is 2. The molecular formula is C24H20N4O2. The summed E-state index contributed by atoms with van der Waals surface area (Å²) in [4.78, 5) is 23.4. The van der Waals surface area contributed by atoms with Gasteiger partial charge in [-0.25, -0.2) is 4.98 Å². The van der Waals surface area contributed by atoms with Crippen LogP contribution in [0.4, 0.5) is 0 Å². The fourth-order valence-corrected chi connectivity index (χ4v) is 3.69. The lowest BCUT2D eigenvalue weighted by molar-refractivity contribution is 0.0946. The summed E-state index contributed by atoms with van der Waals surface area (Å²) >= 11 is 0. The van der Waals surface area contributed by atoms with E-state index in [9.17, 15) is 4.79 Å². The van der Waals surface area contributed by atoms with Gasteiger partial charge in [0.1, 0.15) is 17.1 Å². The number of ether oxygens (including phenoxy) is 1. The SMILES string of the molecule is COc1cccc(CNC(=O)c2cc3ccc(-c4ccnc5[nH]ccc45)cc3[nH]2)c1. The predicted molar refractivity (Wildman–Crippen MR) is 118 cm³/mol. The van der Waals surface area contributed by atoms with Crippen molar-refractivity contribution < 1.29 is 9.53 Å². The van der Waals surface area contributed by atoms with E-state index in [-0.39, 0.29) is 5.91 Å². The third kappa shape index (κ3) is 3.28. The maximum absolute atomic E-state index is 12.7. The topological polar surface area (TPSA) is 82.8 Å². The van der Waals surface area contributed by atoms with Crippen molar-refractivity contribution in [3.8, 4) is 16.9 Å². The summed E-state index contributed by atoms with van der Waals surface area (Å²) in [5.41, 5.74) is 5.46. The number of aromatic amines is 2. The maximum Gasteiger partial charge on any atom is 0.267 e. The number of amides is 1. The zero-order valence-corrected chi connectivity index (χ0v) is 16.4. The van der Waals surface area contributed by atoms with E-state index in [1.807, 2.05) is 54.7 Å². The lowest BCUT2D eigenvalue weighted by Crippen LogP contribution is -2.23. The molecule has 1 amide bonds. The van der Waals surface area contributed by atoms with Gasteiger partial charge < -0.3 is 20.0 Å². The second-order valence-electron chi connectivity index (χ2n) is 7.12. The van der Waals surface area contributed by atoms with Gasteiger partial charge >= 0.3 is 0 Å². The molecule has 0 spiro atoms. The third-order valence-electron chi connectivity index (χ3n) is 5.23. The molecule has 3 aromatic heterocycles. The lowest BCUT2D eigenvalue weighted by Gasteiger charge is -2.06. The molecule has 0 radical (unpaired) electrons. The first-order valence-corrected chi connectivity index (χ1v) is 9.67. The van der Waals surface area contributed by atoms with Crippen LogP contribution in [0.15, 0.2) is 73.1 Å². The highest BCUT2D eigenvalue weighted by molar-refractivity contribution is 6.00. The van der Waals surface area contributed by atoms with E-state index in [0.717, 1.165) is 44.4 Å². The van der Waals surface area contributed by atoms with Crippen molar-refractivity contribution in [1.29, 1.82) is 0 Å². The van der Waals surface area contributed by atoms with E-state index >= 15 is 0 Å². The molecule has 5 aromatic rings. The van der Waals surface area contributed by atoms with Crippen LogP contribution in [0.1, 0.15) is 16.1 Å². The van der Waals surface area contributed by atoms with Gasteiger partial charge in [-0.3, -0.25) is 4.79 Å². The van der Waals surface area contributed by atoms with Gasteiger partial charge in [-0.05, 0) is 53.1 Å². The number of carbonyl (C=O) groups is 1. The molecule has 5 rings (SSSR count). The van der Waals surface area contributed by atoms with Crippen molar-refractivity contribution in [3.05, 3.63) is 84.3 Å². The maximum atomic E-state index is 12.7. The standard InChI is InChI=1S/C24H20N4O2/c1-30-18-4-2-3-15(11-18)14-27-24(29)22-13-17-6-5-16(12-21(17)28-22)19-7-9-25-23-20(19)8-10-26-23/h2-13,28H,14H2,1H3,(H,25,26)(H,27,29). The zero-order valence-electron chi connectivity index (χ0n) is 16.4. The second-order valence-corrected chi connectivity index (χ2v) is 7.12. The minimum Gasteiger partial charge on any atom is -0.497 e. The lowest BCUT2D eigenvalue weighted by atomic mass is 10.0. The number of hydrogen-bond acceptors (Lipinski definition) is 3. The Hall–Kier alpha value is -4.06. The molecule has 0 bridgehead atoms. The number of methoxy groups -OCH3 is 1. The third-order valence-corrected chi connectivity index (χ3v) is 5.23. The fourth-order valence-electron chi connectivity index (χ4n) is 3.69. The predicted octanol–water partition coefficient (Wildman–Crippen LogP) is 4.65. The van der Waals surface area contributed by atoms with Crippen LogP contribution in [0, 0.1) is 0 Å². The average molecular weight is 396 g/mol. The summed E-state index contributed by atoms with van der Waals surface area (Å²) < 4.78 is 5.23. The van der Waals surface area contributed by atoms with E-state index in [1.54, 1.807) is 13.3 Å². The second kappa shape index (κ2) is 7.40. The van der Waals surface area contributed by atoms with Crippen LogP contribution in [0.2, 0.25) is 0 Å². The number of rotatable bonds is 5. The Morgan fingerprint density at radius 2 is 2.03 bits per heavy atom. The quantitative estimate of drug-likeness (QED) is 0.404. The number of hydrogen-bond donors (Lipinski definition) is 3. The van der Waals surface area contributed by atoms with Crippen LogP contribution in [0.3, 0.4) is 0 Å². The molecule has 30 heavy (non-hydrogen) atoms. The van der Waals surface area contributed by atoms with Gasteiger partial charge in [-0.1, -0.05) is 24.3 Å². The summed E-state index contributed by atoms with van der Waals surface area (Å²) in [6.45, 7) is 0.430. The minimum absolute atomic E-state index is 0.146. The van der Waals surface area contributed by atoms with Crippen molar-refractivity contribution >= 4 is 27.8 Å². The number of carbonyl (C=O) groups excluding carboxylic acids is 1. The molecule has 0 fully saturated rings. The number of pyridine rings is 1. The van der Waals surface area contributed by atoms with Crippen LogP contribution in [0.5, 0.6) is 5.75 Å². The summed E-state index contributed by atoms with van der Waals surface area (Å²) in [6.07, 6.45) is 3.68. The summed E-state index contributed by atoms with van der Waals surface area (Å²) in [7, 11) is 1.63. The van der Waals surface area contributed by atoms with E-state index in [4.69, 9.17) is 4.74 Å². The van der Waals surface area contributed by atoms with Gasteiger partial charge in [-0.2, -0.15) is 0 Å². The highest BCUT2D eigenvalue weighted by Crippen LogP contribution is 2.29. The van der Waals surface area contributed by atoms with Crippen molar-refractivity contribution in [2.75, 3.05) is 7.11 Å². The Bertz CT molecular complexity index is 1370. The first-order chi connectivity index (χ1) is 14.7. The average Bonchev–Trinajstić information content (AvgIpc) is 3.43. The molecule has 3 heterocycles. The molecule has 0 unspecified atom stereocenters. The van der Waals surface area contributed by atoms with Crippen molar-refractivity contribution in [2.45, 2.75) is 6.54 Å². The van der Waals surface area contributed by atoms with Crippen LogP contribution in [-0.4, -0.2) is 28.0 Å². The summed E-state index contributed by atoms with van der Waals surface area (Å²) in [6, 6.07) is 19.7. The van der Waals surface area contributed by atoms with E-state index < -0.39 is 0 Å². The van der Waals surface area contributed by atoms with Gasteiger partial charge in [0, 0.05) is 35.2 Å². The van der Waals surface area contributed by atoms with Gasteiger partial charge in [0.05, 0.1) is 7.11 Å². The molecule has 0 saturated heterocycles. The Morgan fingerprint density at radius 3 is 2.93 bits per heavy atom. The molecule has 6 heteroatoms. The van der Waals surface area contributed by atoms with Gasteiger partial charge in [0.2, 0.25) is 0 Å².